The van der Waals surface area contributed by atoms with Crippen LogP contribution < -0.4 is 5.32 Å². The molecule has 6 heavy (non-hydrogen) atoms. The van der Waals surface area contributed by atoms with Gasteiger partial charge in [0.2, 0.25) is 12.3 Å². The van der Waals surface area contributed by atoms with Crippen molar-refractivity contribution in [3.8, 4) is 0 Å². The van der Waals surface area contributed by atoms with Crippen molar-refractivity contribution in [2.75, 3.05) is 0 Å². The lowest BCUT2D eigenvalue weighted by Gasteiger charge is -1.80. The minimum Gasteiger partial charge on any atom is -0.325 e. The second kappa shape index (κ2) is 1.58. The van der Waals surface area contributed by atoms with E-state index in [-0.39, 0.29) is 0 Å². The van der Waals surface area contributed by atoms with Gasteiger partial charge < -0.3 is 5.32 Å². The fourth-order valence-electron chi connectivity index (χ4n) is 0.361. The molecule has 0 saturated heterocycles. The molecule has 0 radical (unpaired) electrons. The van der Waals surface area contributed by atoms with E-state index in [1.54, 1.807) is 6.20 Å². The first-order chi connectivity index (χ1) is 3.00. The molecule has 1 nitrogen and oxygen atoms in total. The van der Waals surface area contributed by atoms with Gasteiger partial charge in [0.15, 0.2) is 6.42 Å². The molecule has 0 aliphatic carbocycles. The van der Waals surface area contributed by atoms with E-state index in [9.17, 15) is 0 Å². The second-order valence-corrected chi connectivity index (χ2v) is 1.12. The highest BCUT2D eigenvalue weighted by Gasteiger charge is 1.90. The molecule has 0 atom stereocenters. The zero-order chi connectivity index (χ0) is 4.24. The molecule has 1 N–H and O–H groups in total. The minimum atomic E-state index is 0.951. The Hall–Kier alpha value is -0.810. The summed E-state index contributed by atoms with van der Waals surface area (Å²) in [6.07, 6.45) is 9.63. The molecule has 1 aliphatic heterocycles. The van der Waals surface area contributed by atoms with Gasteiger partial charge in [-0.1, -0.05) is 0 Å². The van der Waals surface area contributed by atoms with Gasteiger partial charge >= 0.3 is 0 Å². The van der Waals surface area contributed by atoms with Crippen LogP contribution in [0.1, 0.15) is 6.42 Å². The van der Waals surface area contributed by atoms with Gasteiger partial charge in [0.05, 0.1) is 0 Å². The standard InChI is InChI=1S/C5H6N/c1-2-4-6-5-3-1/h2,4-6H,1H2/q+1. The Morgan fingerprint density at radius 3 is 2.83 bits per heavy atom. The third-order valence-corrected chi connectivity index (χ3v) is 0.635. The largest absolute Gasteiger partial charge is 0.325 e. The Labute approximate surface area is 37.4 Å². The van der Waals surface area contributed by atoms with Gasteiger partial charge in [-0.15, -0.1) is 0 Å². The highest BCUT2D eigenvalue weighted by atomic mass is 14.8. The van der Waals surface area contributed by atoms with Crippen molar-refractivity contribution >= 4 is 0 Å². The van der Waals surface area contributed by atoms with Crippen LogP contribution in [-0.2, 0) is 0 Å². The lowest BCUT2D eigenvalue weighted by atomic mass is 10.4. The van der Waals surface area contributed by atoms with Crippen LogP contribution in [0.15, 0.2) is 18.5 Å². The quantitative estimate of drug-likeness (QED) is 0.424. The molecule has 0 bridgehead atoms. The molecule has 0 aromatic heterocycles. The minimum absolute atomic E-state index is 0.951. The third-order valence-electron chi connectivity index (χ3n) is 0.635. The van der Waals surface area contributed by atoms with Gasteiger partial charge in [0, 0.05) is 6.20 Å². The zero-order valence-electron chi connectivity index (χ0n) is 3.44. The lowest BCUT2D eigenvalue weighted by molar-refractivity contribution is 1.09. The van der Waals surface area contributed by atoms with Crippen LogP contribution in [0.25, 0.3) is 0 Å². The summed E-state index contributed by atoms with van der Waals surface area (Å²) in [5, 5.41) is 2.87. The first-order valence-electron chi connectivity index (χ1n) is 1.96. The Bertz CT molecular complexity index is 61.9. The van der Waals surface area contributed by atoms with Crippen LogP contribution in [0.4, 0.5) is 0 Å². The fourth-order valence-corrected chi connectivity index (χ4v) is 0.361. The van der Waals surface area contributed by atoms with E-state index < -0.39 is 0 Å². The number of allylic oxidation sites excluding steroid dienone is 2. The van der Waals surface area contributed by atoms with E-state index in [1.807, 2.05) is 12.3 Å². The van der Waals surface area contributed by atoms with Crippen LogP contribution in [0.5, 0.6) is 0 Å². The molecule has 30 valence electrons. The summed E-state index contributed by atoms with van der Waals surface area (Å²) in [4.78, 5) is 0. The summed E-state index contributed by atoms with van der Waals surface area (Å²) in [7, 11) is 0. The summed E-state index contributed by atoms with van der Waals surface area (Å²) in [6, 6.07) is 0. The Morgan fingerprint density at radius 1 is 1.67 bits per heavy atom. The number of rotatable bonds is 0. The maximum Gasteiger partial charge on any atom is 0.246 e. The average Bonchev–Trinajstić information content (AvgIpc) is 1.72. The number of hydrogen-bond donors (Lipinski definition) is 1. The summed E-state index contributed by atoms with van der Waals surface area (Å²) in [5.41, 5.74) is 0. The van der Waals surface area contributed by atoms with Crippen molar-refractivity contribution in [2.45, 2.75) is 6.42 Å². The van der Waals surface area contributed by atoms with Crippen molar-refractivity contribution in [2.24, 2.45) is 0 Å². The maximum absolute atomic E-state index is 2.96. The first kappa shape index (κ1) is 3.38. The molecule has 0 unspecified atom stereocenters. The molecule has 1 aliphatic rings. The lowest BCUT2D eigenvalue weighted by Crippen LogP contribution is -1.93. The van der Waals surface area contributed by atoms with E-state index in [1.165, 1.54) is 0 Å². The van der Waals surface area contributed by atoms with Crippen molar-refractivity contribution in [3.05, 3.63) is 24.6 Å². The van der Waals surface area contributed by atoms with Crippen molar-refractivity contribution < 1.29 is 0 Å². The average molecular weight is 80.1 g/mol. The fraction of sp³-hybridized carbons (Fsp3) is 0.200. The maximum atomic E-state index is 2.96. The zero-order valence-corrected chi connectivity index (χ0v) is 3.44. The molecule has 0 saturated carbocycles. The topological polar surface area (TPSA) is 12.0 Å². The molecule has 1 heteroatoms. The van der Waals surface area contributed by atoms with E-state index in [0.717, 1.165) is 6.42 Å². The van der Waals surface area contributed by atoms with E-state index in [2.05, 4.69) is 11.4 Å². The highest BCUT2D eigenvalue weighted by molar-refractivity contribution is 4.94. The van der Waals surface area contributed by atoms with Crippen LogP contribution >= 0.6 is 0 Å². The van der Waals surface area contributed by atoms with Crippen molar-refractivity contribution in [3.63, 3.8) is 0 Å². The van der Waals surface area contributed by atoms with Gasteiger partial charge in [-0.2, -0.15) is 0 Å². The SMILES string of the molecule is [C+]1=CNC=CC1. The Balaban J connectivity index is 2.40. The van der Waals surface area contributed by atoms with Gasteiger partial charge in [0.25, 0.3) is 0 Å². The summed E-state index contributed by atoms with van der Waals surface area (Å²) in [5.74, 6) is 0. The van der Waals surface area contributed by atoms with Crippen molar-refractivity contribution in [1.29, 1.82) is 0 Å². The van der Waals surface area contributed by atoms with Crippen molar-refractivity contribution in [1.82, 2.24) is 5.32 Å². The van der Waals surface area contributed by atoms with Gasteiger partial charge in [0.1, 0.15) is 0 Å². The summed E-state index contributed by atoms with van der Waals surface area (Å²) >= 11 is 0. The van der Waals surface area contributed by atoms with Crippen LogP contribution in [-0.4, -0.2) is 0 Å². The Kier molecular flexibility index (Phi) is 0.892. The summed E-state index contributed by atoms with van der Waals surface area (Å²) < 4.78 is 0. The smallest absolute Gasteiger partial charge is 0.246 e. The van der Waals surface area contributed by atoms with Crippen LogP contribution in [0, 0.1) is 6.08 Å². The number of hydrogen-bond acceptors (Lipinski definition) is 1. The van der Waals surface area contributed by atoms with E-state index >= 15 is 0 Å². The molecular formula is C5H6N+. The number of dihydropyridines is 1. The molecule has 0 fully saturated rings. The predicted molar refractivity (Wildman–Crippen MR) is 24.7 cm³/mol. The van der Waals surface area contributed by atoms with E-state index in [0.29, 0.717) is 0 Å². The molecular weight excluding hydrogens is 74.1 g/mol. The third kappa shape index (κ3) is 0.568. The monoisotopic (exact) mass is 80.0 g/mol. The van der Waals surface area contributed by atoms with Crippen LogP contribution in [0.3, 0.4) is 0 Å². The number of nitrogens with one attached hydrogen (secondary N) is 1. The summed E-state index contributed by atoms with van der Waals surface area (Å²) in [6.45, 7) is 0. The molecule has 0 aromatic carbocycles. The Morgan fingerprint density at radius 2 is 2.67 bits per heavy atom. The van der Waals surface area contributed by atoms with E-state index in [4.69, 9.17) is 0 Å². The second-order valence-electron chi connectivity index (χ2n) is 1.12. The predicted octanol–water partition coefficient (Wildman–Crippen LogP) is 0.810. The van der Waals surface area contributed by atoms with Gasteiger partial charge in [-0.25, -0.2) is 0 Å². The molecule has 1 heterocycles. The first-order valence-corrected chi connectivity index (χ1v) is 1.96. The highest BCUT2D eigenvalue weighted by Crippen LogP contribution is 1.85. The molecule has 0 amide bonds. The van der Waals surface area contributed by atoms with Crippen LogP contribution in [0.2, 0.25) is 0 Å². The molecule has 0 aromatic rings. The molecule has 1 rings (SSSR count). The van der Waals surface area contributed by atoms with Gasteiger partial charge in [-0.05, 0) is 6.08 Å². The normalized spacial score (nSPS) is 16.0. The molecule has 0 spiro atoms. The van der Waals surface area contributed by atoms with Gasteiger partial charge in [-0.3, -0.25) is 0 Å².